The van der Waals surface area contributed by atoms with Crippen molar-refractivity contribution < 1.29 is 0 Å². The molecule has 0 heterocycles. The number of rotatable bonds is 7. The van der Waals surface area contributed by atoms with Crippen LogP contribution in [0.2, 0.25) is 0 Å². The van der Waals surface area contributed by atoms with Crippen molar-refractivity contribution >= 4 is 0 Å². The first kappa shape index (κ1) is 13.9. The van der Waals surface area contributed by atoms with Crippen LogP contribution in [0.1, 0.15) is 64.2 Å². The van der Waals surface area contributed by atoms with Crippen molar-refractivity contribution in [1.29, 1.82) is 0 Å². The summed E-state index contributed by atoms with van der Waals surface area (Å²) < 4.78 is 0. The molecule has 3 fully saturated rings. The van der Waals surface area contributed by atoms with Gasteiger partial charge < -0.3 is 10.6 Å². The summed E-state index contributed by atoms with van der Waals surface area (Å²) in [6, 6.07) is 0. The fourth-order valence-corrected chi connectivity index (χ4v) is 3.91. The van der Waals surface area contributed by atoms with E-state index in [0.29, 0.717) is 5.41 Å². The van der Waals surface area contributed by atoms with Crippen molar-refractivity contribution in [3.05, 3.63) is 0 Å². The zero-order valence-electron chi connectivity index (χ0n) is 12.6. The highest BCUT2D eigenvalue weighted by Gasteiger charge is 2.35. The van der Waals surface area contributed by atoms with E-state index in [1.807, 2.05) is 0 Å². The molecular weight excluding hydrogens is 232 g/mol. The molecule has 0 spiro atoms. The second-order valence-electron chi connectivity index (χ2n) is 7.70. The minimum Gasteiger partial charge on any atom is -0.330 e. The minimum atomic E-state index is 0.459. The van der Waals surface area contributed by atoms with Crippen molar-refractivity contribution in [3.8, 4) is 0 Å². The summed E-state index contributed by atoms with van der Waals surface area (Å²) >= 11 is 0. The first-order valence-electron chi connectivity index (χ1n) is 8.72. The normalized spacial score (nSPS) is 27.5. The third-order valence-electron chi connectivity index (χ3n) is 5.58. The summed E-state index contributed by atoms with van der Waals surface area (Å²) in [4.78, 5) is 2.81. The van der Waals surface area contributed by atoms with Crippen LogP contribution in [0.25, 0.3) is 0 Å². The van der Waals surface area contributed by atoms with Gasteiger partial charge in [0.15, 0.2) is 0 Å². The van der Waals surface area contributed by atoms with E-state index in [1.54, 1.807) is 0 Å². The fraction of sp³-hybridized carbons (Fsp3) is 1.00. The van der Waals surface area contributed by atoms with Gasteiger partial charge in [0.05, 0.1) is 0 Å². The third-order valence-corrected chi connectivity index (χ3v) is 5.58. The van der Waals surface area contributed by atoms with Crippen molar-refractivity contribution in [3.63, 3.8) is 0 Å². The Morgan fingerprint density at radius 2 is 1.37 bits per heavy atom. The Hall–Kier alpha value is -0.0800. The molecule has 3 saturated carbocycles. The van der Waals surface area contributed by atoms with Gasteiger partial charge in [0.2, 0.25) is 0 Å². The molecule has 0 saturated heterocycles. The average Bonchev–Trinajstić information content (AvgIpc) is 3.26. The summed E-state index contributed by atoms with van der Waals surface area (Å²) in [5.74, 6) is 2.05. The minimum absolute atomic E-state index is 0.459. The third kappa shape index (κ3) is 4.19. The second-order valence-corrected chi connectivity index (χ2v) is 7.70. The van der Waals surface area contributed by atoms with Crippen LogP contribution in [0.5, 0.6) is 0 Å². The van der Waals surface area contributed by atoms with Crippen LogP contribution in [0.15, 0.2) is 0 Å². The topological polar surface area (TPSA) is 29.3 Å². The lowest BCUT2D eigenvalue weighted by Gasteiger charge is -2.37. The molecule has 2 nitrogen and oxygen atoms in total. The largest absolute Gasteiger partial charge is 0.330 e. The Kier molecular flexibility index (Phi) is 4.48. The van der Waals surface area contributed by atoms with Crippen LogP contribution in [-0.2, 0) is 0 Å². The van der Waals surface area contributed by atoms with Gasteiger partial charge in [-0.1, -0.05) is 25.7 Å². The summed E-state index contributed by atoms with van der Waals surface area (Å²) in [5, 5.41) is 0. The first-order chi connectivity index (χ1) is 9.30. The fourth-order valence-electron chi connectivity index (χ4n) is 3.91. The van der Waals surface area contributed by atoms with Gasteiger partial charge in [0, 0.05) is 19.6 Å². The molecule has 0 atom stereocenters. The Bertz CT molecular complexity index is 259. The second kappa shape index (κ2) is 6.13. The highest BCUT2D eigenvalue weighted by molar-refractivity contribution is 4.89. The maximum Gasteiger partial charge on any atom is 0.00503 e. The van der Waals surface area contributed by atoms with Gasteiger partial charge >= 0.3 is 0 Å². The molecule has 3 rings (SSSR count). The molecule has 0 aromatic rings. The molecule has 3 aliphatic carbocycles. The highest BCUT2D eigenvalue weighted by atomic mass is 15.1. The lowest BCUT2D eigenvalue weighted by molar-refractivity contribution is 0.127. The van der Waals surface area contributed by atoms with Crippen LogP contribution in [0, 0.1) is 17.3 Å². The van der Waals surface area contributed by atoms with Crippen LogP contribution in [0.3, 0.4) is 0 Å². The molecule has 19 heavy (non-hydrogen) atoms. The van der Waals surface area contributed by atoms with E-state index in [-0.39, 0.29) is 0 Å². The monoisotopic (exact) mass is 264 g/mol. The molecule has 0 aliphatic heterocycles. The molecule has 2 N–H and O–H groups in total. The van der Waals surface area contributed by atoms with Gasteiger partial charge in [-0.25, -0.2) is 0 Å². The van der Waals surface area contributed by atoms with E-state index in [9.17, 15) is 0 Å². The smallest absolute Gasteiger partial charge is 0.00503 e. The molecular formula is C17H32N2. The SMILES string of the molecule is NCC1(CN(CC2CC2)CC2CC2)CCCCCC1. The van der Waals surface area contributed by atoms with Gasteiger partial charge in [0.1, 0.15) is 0 Å². The van der Waals surface area contributed by atoms with E-state index in [4.69, 9.17) is 5.73 Å². The van der Waals surface area contributed by atoms with E-state index in [2.05, 4.69) is 4.90 Å². The van der Waals surface area contributed by atoms with E-state index >= 15 is 0 Å². The number of nitrogens with two attached hydrogens (primary N) is 1. The van der Waals surface area contributed by atoms with Crippen LogP contribution < -0.4 is 5.73 Å². The molecule has 0 aromatic heterocycles. The number of nitrogens with zero attached hydrogens (tertiary/aromatic N) is 1. The average molecular weight is 264 g/mol. The zero-order valence-corrected chi connectivity index (χ0v) is 12.6. The van der Waals surface area contributed by atoms with Crippen molar-refractivity contribution in [2.24, 2.45) is 23.0 Å². The van der Waals surface area contributed by atoms with Crippen LogP contribution in [-0.4, -0.2) is 31.1 Å². The molecule has 0 amide bonds. The molecule has 0 radical (unpaired) electrons. The number of hydrogen-bond donors (Lipinski definition) is 1. The maximum atomic E-state index is 6.22. The predicted octanol–water partition coefficient (Wildman–Crippen LogP) is 3.41. The summed E-state index contributed by atoms with van der Waals surface area (Å²) in [5.41, 5.74) is 6.68. The molecule has 3 aliphatic rings. The van der Waals surface area contributed by atoms with Crippen molar-refractivity contribution in [2.75, 3.05) is 26.2 Å². The quantitative estimate of drug-likeness (QED) is 0.714. The van der Waals surface area contributed by atoms with Crippen molar-refractivity contribution in [2.45, 2.75) is 64.2 Å². The summed E-state index contributed by atoms with van der Waals surface area (Å²) in [6.45, 7) is 4.96. The Morgan fingerprint density at radius 3 is 1.79 bits per heavy atom. The van der Waals surface area contributed by atoms with Crippen LogP contribution in [0.4, 0.5) is 0 Å². The summed E-state index contributed by atoms with van der Waals surface area (Å²) in [6.07, 6.45) is 14.4. The standard InChI is InChI=1S/C17H32N2/c18-13-17(9-3-1-2-4-10-17)14-19(11-15-5-6-15)12-16-7-8-16/h15-16H,1-14,18H2. The van der Waals surface area contributed by atoms with Gasteiger partial charge in [-0.05, 0) is 62.3 Å². The zero-order chi connectivity index (χ0) is 13.1. The molecule has 110 valence electrons. The molecule has 0 bridgehead atoms. The Morgan fingerprint density at radius 1 is 0.842 bits per heavy atom. The molecule has 2 heteroatoms. The Labute approximate surface area is 119 Å². The van der Waals surface area contributed by atoms with Crippen molar-refractivity contribution in [1.82, 2.24) is 4.90 Å². The lowest BCUT2D eigenvalue weighted by Crippen LogP contribution is -2.44. The van der Waals surface area contributed by atoms with Gasteiger partial charge in [-0.3, -0.25) is 0 Å². The summed E-state index contributed by atoms with van der Waals surface area (Å²) in [7, 11) is 0. The van der Waals surface area contributed by atoms with Gasteiger partial charge in [0.25, 0.3) is 0 Å². The highest BCUT2D eigenvalue weighted by Crippen LogP contribution is 2.38. The van der Waals surface area contributed by atoms with E-state index < -0.39 is 0 Å². The molecule has 0 aromatic carbocycles. The number of hydrogen-bond acceptors (Lipinski definition) is 2. The maximum absolute atomic E-state index is 6.22. The Balaban J connectivity index is 1.58. The van der Waals surface area contributed by atoms with E-state index in [0.717, 1.165) is 18.4 Å². The first-order valence-corrected chi connectivity index (χ1v) is 8.72. The predicted molar refractivity (Wildman–Crippen MR) is 81.1 cm³/mol. The van der Waals surface area contributed by atoms with E-state index in [1.165, 1.54) is 83.8 Å². The van der Waals surface area contributed by atoms with Gasteiger partial charge in [-0.15, -0.1) is 0 Å². The lowest BCUT2D eigenvalue weighted by atomic mass is 9.79. The molecule has 0 unspecified atom stereocenters. The van der Waals surface area contributed by atoms with Crippen LogP contribution >= 0.6 is 0 Å². The van der Waals surface area contributed by atoms with Gasteiger partial charge in [-0.2, -0.15) is 0 Å².